The third-order valence-electron chi connectivity index (χ3n) is 4.36. The van der Waals surface area contributed by atoms with E-state index >= 15 is 0 Å². The van der Waals surface area contributed by atoms with Crippen LogP contribution in [-0.2, 0) is 9.47 Å². The zero-order valence-corrected chi connectivity index (χ0v) is 15.9. The number of nitrogens with one attached hydrogen (secondary N) is 2. The number of hydrogen-bond acceptors (Lipinski definition) is 6. The first-order valence-electron chi connectivity index (χ1n) is 9.25. The summed E-state index contributed by atoms with van der Waals surface area (Å²) in [7, 11) is 0. The number of anilines is 3. The minimum atomic E-state index is -0.674. The van der Waals surface area contributed by atoms with Gasteiger partial charge in [0, 0.05) is 24.0 Å². The van der Waals surface area contributed by atoms with E-state index in [2.05, 4.69) is 20.7 Å². The molecule has 0 radical (unpaired) electrons. The molecule has 1 aliphatic rings. The van der Waals surface area contributed by atoms with Crippen molar-refractivity contribution in [1.29, 1.82) is 0 Å². The molecule has 9 heteroatoms. The molecule has 4 rings (SSSR count). The van der Waals surface area contributed by atoms with Crippen molar-refractivity contribution < 1.29 is 18.3 Å². The van der Waals surface area contributed by atoms with Crippen LogP contribution >= 0.6 is 0 Å². The fourth-order valence-electron chi connectivity index (χ4n) is 3.09. The molecular formula is C20H21F2N5O2. The van der Waals surface area contributed by atoms with Crippen LogP contribution in [-0.4, -0.2) is 47.2 Å². The van der Waals surface area contributed by atoms with Crippen molar-refractivity contribution in [3.8, 4) is 5.69 Å². The molecule has 0 aliphatic carbocycles. The Labute approximate surface area is 166 Å². The summed E-state index contributed by atoms with van der Waals surface area (Å²) in [6, 6.07) is 9.09. The average Bonchev–Trinajstić information content (AvgIpc) is 3.15. The largest absolute Gasteiger partial charge is 0.382 e. The molecule has 3 aromatic rings. The Kier molecular flexibility index (Phi) is 5.68. The maximum Gasteiger partial charge on any atom is 0.246 e. The minimum Gasteiger partial charge on any atom is -0.382 e. The molecule has 0 saturated carbocycles. The fourth-order valence-corrected chi connectivity index (χ4v) is 3.09. The molecule has 152 valence electrons. The first-order chi connectivity index (χ1) is 14.0. The summed E-state index contributed by atoms with van der Waals surface area (Å²) in [4.78, 5) is 4.16. The van der Waals surface area contributed by atoms with Crippen LogP contribution in [0.25, 0.3) is 5.69 Å². The first-order valence-corrected chi connectivity index (χ1v) is 9.25. The highest BCUT2D eigenvalue weighted by molar-refractivity contribution is 5.63. The van der Waals surface area contributed by atoms with Gasteiger partial charge in [-0.3, -0.25) is 0 Å². The lowest BCUT2D eigenvalue weighted by Gasteiger charge is -2.23. The van der Waals surface area contributed by atoms with Crippen molar-refractivity contribution in [2.75, 3.05) is 37.0 Å². The second-order valence-corrected chi connectivity index (χ2v) is 6.80. The number of benzene rings is 2. The van der Waals surface area contributed by atoms with E-state index in [9.17, 15) is 8.78 Å². The Hall–Kier alpha value is -3.04. The second kappa shape index (κ2) is 8.54. The number of hydrogen-bond donors (Lipinski definition) is 2. The summed E-state index contributed by atoms with van der Waals surface area (Å²) < 4.78 is 39.2. The van der Waals surface area contributed by atoms with E-state index in [1.54, 1.807) is 0 Å². The van der Waals surface area contributed by atoms with Gasteiger partial charge in [0.1, 0.15) is 18.0 Å². The molecule has 1 unspecified atom stereocenters. The SMILES string of the molecule is Cc1cc(NCC2COCCO2)cc(Nc2ncn(-c3cc(F)cc(F)c3)n2)c1. The van der Waals surface area contributed by atoms with Crippen molar-refractivity contribution >= 4 is 17.3 Å². The standard InChI is InChI=1S/C20H21F2N5O2/c1-13-4-16(23-10-19-11-28-2-3-29-19)9-17(5-13)25-20-24-12-27(26-20)18-7-14(21)6-15(22)8-18/h4-9,12,19,23H,2-3,10-11H2,1H3,(H,25,26). The van der Waals surface area contributed by atoms with Crippen LogP contribution in [0.2, 0.25) is 0 Å². The topological polar surface area (TPSA) is 73.2 Å². The average molecular weight is 401 g/mol. The van der Waals surface area contributed by atoms with Gasteiger partial charge < -0.3 is 20.1 Å². The molecule has 0 bridgehead atoms. The summed E-state index contributed by atoms with van der Waals surface area (Å²) in [5, 5.41) is 10.7. The molecule has 2 N–H and O–H groups in total. The fraction of sp³-hybridized carbons (Fsp3) is 0.300. The molecule has 1 atom stereocenters. The van der Waals surface area contributed by atoms with E-state index in [0.29, 0.717) is 32.3 Å². The van der Waals surface area contributed by atoms with Gasteiger partial charge in [-0.25, -0.2) is 13.5 Å². The van der Waals surface area contributed by atoms with Crippen molar-refractivity contribution in [3.63, 3.8) is 0 Å². The zero-order valence-electron chi connectivity index (χ0n) is 15.9. The van der Waals surface area contributed by atoms with E-state index in [-0.39, 0.29) is 11.8 Å². The van der Waals surface area contributed by atoms with Gasteiger partial charge in [-0.2, -0.15) is 4.98 Å². The summed E-state index contributed by atoms with van der Waals surface area (Å²) in [5.74, 6) is -1.03. The Morgan fingerprint density at radius 1 is 1.07 bits per heavy atom. The highest BCUT2D eigenvalue weighted by Crippen LogP contribution is 2.22. The van der Waals surface area contributed by atoms with Gasteiger partial charge in [-0.1, -0.05) is 0 Å². The summed E-state index contributed by atoms with van der Waals surface area (Å²) in [6.07, 6.45) is 1.41. The Morgan fingerprint density at radius 3 is 2.62 bits per heavy atom. The summed E-state index contributed by atoms with van der Waals surface area (Å²) in [5.41, 5.74) is 3.01. The van der Waals surface area contributed by atoms with Gasteiger partial charge in [0.25, 0.3) is 0 Å². The third kappa shape index (κ3) is 5.07. The second-order valence-electron chi connectivity index (χ2n) is 6.80. The van der Waals surface area contributed by atoms with E-state index in [0.717, 1.165) is 23.0 Å². The molecule has 1 fully saturated rings. The van der Waals surface area contributed by atoms with Gasteiger partial charge in [0.2, 0.25) is 5.95 Å². The van der Waals surface area contributed by atoms with E-state index in [1.807, 2.05) is 25.1 Å². The molecule has 0 spiro atoms. The van der Waals surface area contributed by atoms with Gasteiger partial charge in [0.05, 0.1) is 31.6 Å². The Bertz CT molecular complexity index is 969. The van der Waals surface area contributed by atoms with Crippen LogP contribution in [0, 0.1) is 18.6 Å². The smallest absolute Gasteiger partial charge is 0.246 e. The Balaban J connectivity index is 1.45. The minimum absolute atomic E-state index is 0.0182. The number of aromatic nitrogens is 3. The van der Waals surface area contributed by atoms with Crippen LogP contribution < -0.4 is 10.6 Å². The van der Waals surface area contributed by atoms with Gasteiger partial charge in [-0.15, -0.1) is 5.10 Å². The number of rotatable bonds is 6. The molecule has 1 aromatic heterocycles. The monoisotopic (exact) mass is 401 g/mol. The van der Waals surface area contributed by atoms with E-state index < -0.39 is 11.6 Å². The van der Waals surface area contributed by atoms with Crippen molar-refractivity contribution in [3.05, 3.63) is 59.9 Å². The highest BCUT2D eigenvalue weighted by atomic mass is 19.1. The van der Waals surface area contributed by atoms with Crippen LogP contribution in [0.4, 0.5) is 26.1 Å². The molecule has 0 amide bonds. The molecule has 1 saturated heterocycles. The predicted molar refractivity (Wildman–Crippen MR) is 105 cm³/mol. The number of halogens is 2. The maximum atomic E-state index is 13.4. The zero-order chi connectivity index (χ0) is 20.2. The summed E-state index contributed by atoms with van der Waals surface area (Å²) >= 11 is 0. The molecule has 7 nitrogen and oxygen atoms in total. The lowest BCUT2D eigenvalue weighted by molar-refractivity contribution is -0.0818. The van der Waals surface area contributed by atoms with E-state index in [1.165, 1.54) is 23.1 Å². The van der Waals surface area contributed by atoms with Crippen LogP contribution in [0.15, 0.2) is 42.7 Å². The predicted octanol–water partition coefficient (Wildman–Crippen LogP) is 3.42. The quantitative estimate of drug-likeness (QED) is 0.659. The molecule has 29 heavy (non-hydrogen) atoms. The maximum absolute atomic E-state index is 13.4. The van der Waals surface area contributed by atoms with Crippen LogP contribution in [0.5, 0.6) is 0 Å². The normalized spacial score (nSPS) is 16.6. The summed E-state index contributed by atoms with van der Waals surface area (Å²) in [6.45, 7) is 4.44. The number of ether oxygens (including phenoxy) is 2. The molecule has 1 aliphatic heterocycles. The molecule has 2 heterocycles. The molecular weight excluding hydrogens is 380 g/mol. The highest BCUT2D eigenvalue weighted by Gasteiger charge is 2.14. The lowest BCUT2D eigenvalue weighted by Crippen LogP contribution is -2.34. The van der Waals surface area contributed by atoms with Crippen LogP contribution in [0.3, 0.4) is 0 Å². The van der Waals surface area contributed by atoms with Gasteiger partial charge >= 0.3 is 0 Å². The Morgan fingerprint density at radius 2 is 1.86 bits per heavy atom. The molecule has 2 aromatic carbocycles. The van der Waals surface area contributed by atoms with Gasteiger partial charge in [0.15, 0.2) is 0 Å². The number of aryl methyl sites for hydroxylation is 1. The number of nitrogens with zero attached hydrogens (tertiary/aromatic N) is 3. The van der Waals surface area contributed by atoms with Crippen LogP contribution in [0.1, 0.15) is 5.56 Å². The lowest BCUT2D eigenvalue weighted by atomic mass is 10.2. The van der Waals surface area contributed by atoms with Crippen molar-refractivity contribution in [2.45, 2.75) is 13.0 Å². The third-order valence-corrected chi connectivity index (χ3v) is 4.36. The first kappa shape index (κ1) is 19.3. The van der Waals surface area contributed by atoms with E-state index in [4.69, 9.17) is 9.47 Å². The van der Waals surface area contributed by atoms with Crippen molar-refractivity contribution in [1.82, 2.24) is 14.8 Å². The van der Waals surface area contributed by atoms with Crippen molar-refractivity contribution in [2.24, 2.45) is 0 Å². The van der Waals surface area contributed by atoms with Gasteiger partial charge in [-0.05, 0) is 42.8 Å².